The minimum absolute atomic E-state index is 0.0348. The van der Waals surface area contributed by atoms with E-state index in [9.17, 15) is 18.0 Å². The van der Waals surface area contributed by atoms with Crippen LogP contribution in [0.1, 0.15) is 17.9 Å². The summed E-state index contributed by atoms with van der Waals surface area (Å²) < 4.78 is 30.2. The van der Waals surface area contributed by atoms with E-state index in [1.807, 2.05) is 6.07 Å². The molecule has 136 valence electrons. The van der Waals surface area contributed by atoms with E-state index in [0.29, 0.717) is 11.5 Å². The van der Waals surface area contributed by atoms with Gasteiger partial charge in [-0.1, -0.05) is 5.92 Å². The summed E-state index contributed by atoms with van der Waals surface area (Å²) in [7, 11) is -3.50. The lowest BCUT2D eigenvalue weighted by Gasteiger charge is -2.16. The molecule has 0 radical (unpaired) electrons. The molecule has 0 N–H and O–H groups in total. The van der Waals surface area contributed by atoms with Crippen molar-refractivity contribution >= 4 is 39.0 Å². The van der Waals surface area contributed by atoms with Gasteiger partial charge in [-0.05, 0) is 23.9 Å². The molecular weight excluding hydrogens is 378 g/mol. The summed E-state index contributed by atoms with van der Waals surface area (Å²) >= 11 is 0.756. The minimum Gasteiger partial charge on any atom is -0.460 e. The smallest absolute Gasteiger partial charge is 0.294 e. The van der Waals surface area contributed by atoms with Crippen molar-refractivity contribution in [1.29, 1.82) is 5.26 Å². The second-order valence-corrected chi connectivity index (χ2v) is 8.26. The molecule has 0 aliphatic carbocycles. The Kier molecular flexibility index (Phi) is 6.27. The maximum Gasteiger partial charge on any atom is 0.294 e. The zero-order valence-electron chi connectivity index (χ0n) is 13.8. The molecule has 0 aromatic carbocycles. The Labute approximate surface area is 155 Å². The van der Waals surface area contributed by atoms with Gasteiger partial charge >= 0.3 is 0 Å². The Morgan fingerprint density at radius 1 is 1.42 bits per heavy atom. The number of amides is 2. The summed E-state index contributed by atoms with van der Waals surface area (Å²) in [6, 6.07) is 5.03. The summed E-state index contributed by atoms with van der Waals surface area (Å²) in [5, 5.41) is 8.18. The van der Waals surface area contributed by atoms with Crippen LogP contribution in [0.3, 0.4) is 0 Å². The summed E-state index contributed by atoms with van der Waals surface area (Å²) in [6.45, 7) is -0.0864. The van der Waals surface area contributed by atoms with Crippen LogP contribution in [0.2, 0.25) is 0 Å². The molecule has 2 rings (SSSR count). The van der Waals surface area contributed by atoms with Crippen molar-refractivity contribution in [3.63, 3.8) is 0 Å². The molecule has 0 atom stereocenters. The van der Waals surface area contributed by atoms with Crippen LogP contribution >= 0.6 is 11.8 Å². The molecule has 1 fully saturated rings. The molecule has 0 bridgehead atoms. The number of nitriles is 1. The van der Waals surface area contributed by atoms with Gasteiger partial charge in [-0.25, -0.2) is 8.42 Å². The number of hydrogen-bond acceptors (Lipinski definition) is 7. The molecule has 2 heterocycles. The molecule has 0 unspecified atom stereocenters. The average molecular weight is 393 g/mol. The van der Waals surface area contributed by atoms with E-state index in [2.05, 4.69) is 5.92 Å². The van der Waals surface area contributed by atoms with Crippen molar-refractivity contribution in [2.75, 3.05) is 19.3 Å². The Hall–Kier alpha value is -2.53. The number of thioether (sulfide) groups is 1. The molecule has 10 heteroatoms. The Morgan fingerprint density at radius 3 is 2.77 bits per heavy atom. The first kappa shape index (κ1) is 19.8. The van der Waals surface area contributed by atoms with Gasteiger partial charge in [0.05, 0.1) is 30.3 Å². The highest BCUT2D eigenvalue weighted by Crippen LogP contribution is 2.32. The molecule has 1 saturated heterocycles. The van der Waals surface area contributed by atoms with Crippen LogP contribution in [-0.2, 0) is 21.4 Å². The van der Waals surface area contributed by atoms with E-state index < -0.39 is 21.2 Å². The van der Waals surface area contributed by atoms with Gasteiger partial charge in [0.25, 0.3) is 11.1 Å². The van der Waals surface area contributed by atoms with Gasteiger partial charge in [-0.3, -0.25) is 14.5 Å². The number of terminal acetylenes is 1. The lowest BCUT2D eigenvalue weighted by molar-refractivity contribution is -0.122. The van der Waals surface area contributed by atoms with Crippen LogP contribution in [0.25, 0.3) is 6.08 Å². The molecular formula is C16H15N3O5S2. The predicted octanol–water partition coefficient (Wildman–Crippen LogP) is 1.62. The van der Waals surface area contributed by atoms with E-state index >= 15 is 0 Å². The minimum atomic E-state index is -3.50. The SMILES string of the molecule is C#CCN1C(=O)S/C(=C\c2ccc(CN(CCC#N)S(C)(=O)=O)o2)C1=O. The van der Waals surface area contributed by atoms with Crippen molar-refractivity contribution in [2.45, 2.75) is 13.0 Å². The largest absolute Gasteiger partial charge is 0.460 e. The van der Waals surface area contributed by atoms with E-state index in [1.54, 1.807) is 12.1 Å². The van der Waals surface area contributed by atoms with E-state index in [1.165, 1.54) is 6.08 Å². The van der Waals surface area contributed by atoms with Crippen LogP contribution in [0.4, 0.5) is 4.79 Å². The maximum absolute atomic E-state index is 12.1. The summed E-state index contributed by atoms with van der Waals surface area (Å²) in [6.07, 6.45) is 7.65. The lowest BCUT2D eigenvalue weighted by Crippen LogP contribution is -2.30. The number of rotatable bonds is 7. The number of carbonyl (C=O) groups is 2. The predicted molar refractivity (Wildman–Crippen MR) is 95.7 cm³/mol. The van der Waals surface area contributed by atoms with E-state index in [4.69, 9.17) is 16.1 Å². The van der Waals surface area contributed by atoms with E-state index in [-0.39, 0.29) is 31.0 Å². The van der Waals surface area contributed by atoms with Gasteiger partial charge in [0, 0.05) is 19.0 Å². The summed E-state index contributed by atoms with van der Waals surface area (Å²) in [5.41, 5.74) is 0. The van der Waals surface area contributed by atoms with Crippen molar-refractivity contribution < 1.29 is 22.4 Å². The van der Waals surface area contributed by atoms with Gasteiger partial charge in [-0.2, -0.15) is 9.57 Å². The zero-order valence-corrected chi connectivity index (χ0v) is 15.5. The van der Waals surface area contributed by atoms with Crippen LogP contribution < -0.4 is 0 Å². The first-order valence-electron chi connectivity index (χ1n) is 7.36. The van der Waals surface area contributed by atoms with Gasteiger partial charge in [0.15, 0.2) is 0 Å². The molecule has 1 aromatic rings. The average Bonchev–Trinajstić information content (AvgIpc) is 3.10. The van der Waals surface area contributed by atoms with Crippen molar-refractivity contribution in [3.8, 4) is 18.4 Å². The lowest BCUT2D eigenvalue weighted by atomic mass is 10.3. The first-order valence-corrected chi connectivity index (χ1v) is 10.0. The quantitative estimate of drug-likeness (QED) is 0.511. The number of sulfonamides is 1. The second-order valence-electron chi connectivity index (χ2n) is 5.28. The van der Waals surface area contributed by atoms with E-state index in [0.717, 1.165) is 27.2 Å². The first-order chi connectivity index (χ1) is 12.3. The topological polar surface area (TPSA) is 112 Å². The fourth-order valence-corrected chi connectivity index (χ4v) is 3.73. The van der Waals surface area contributed by atoms with Gasteiger partial charge in [0.1, 0.15) is 11.5 Å². The molecule has 0 spiro atoms. The Balaban J connectivity index is 2.15. The Bertz CT molecular complexity index is 934. The monoisotopic (exact) mass is 393 g/mol. The number of furan rings is 1. The standard InChI is InChI=1S/C16H15N3O5S2/c1-3-8-19-15(20)14(25-16(19)21)10-12-5-6-13(24-12)11-18(9-4-7-17)26(2,22)23/h1,5-6,10H,4,8-9,11H2,2H3/b14-10-. The molecule has 0 saturated carbocycles. The highest BCUT2D eigenvalue weighted by atomic mass is 32.2. The van der Waals surface area contributed by atoms with Crippen molar-refractivity contribution in [1.82, 2.24) is 9.21 Å². The third-order valence-electron chi connectivity index (χ3n) is 3.35. The maximum atomic E-state index is 12.1. The third kappa shape index (κ3) is 4.76. The molecule has 1 aliphatic rings. The van der Waals surface area contributed by atoms with Gasteiger partial charge in [-0.15, -0.1) is 6.42 Å². The molecule has 1 aromatic heterocycles. The number of nitrogens with zero attached hydrogens (tertiary/aromatic N) is 3. The molecule has 1 aliphatic heterocycles. The fraction of sp³-hybridized carbons (Fsp3) is 0.312. The second kappa shape index (κ2) is 8.23. The summed E-state index contributed by atoms with van der Waals surface area (Å²) in [5.74, 6) is 2.40. The van der Waals surface area contributed by atoms with Crippen LogP contribution in [-0.4, -0.2) is 48.1 Å². The van der Waals surface area contributed by atoms with Crippen LogP contribution in [0.15, 0.2) is 21.5 Å². The number of hydrogen-bond donors (Lipinski definition) is 0. The Morgan fingerprint density at radius 2 is 2.15 bits per heavy atom. The van der Waals surface area contributed by atoms with Gasteiger partial charge in [0.2, 0.25) is 10.0 Å². The molecule has 26 heavy (non-hydrogen) atoms. The normalized spacial score (nSPS) is 16.3. The highest BCUT2D eigenvalue weighted by molar-refractivity contribution is 8.18. The van der Waals surface area contributed by atoms with Gasteiger partial charge < -0.3 is 4.42 Å². The van der Waals surface area contributed by atoms with Crippen molar-refractivity contribution in [3.05, 3.63) is 28.6 Å². The fourth-order valence-electron chi connectivity index (χ4n) is 2.12. The number of carbonyl (C=O) groups excluding carboxylic acids is 2. The van der Waals surface area contributed by atoms with Crippen molar-refractivity contribution in [2.24, 2.45) is 0 Å². The number of imide groups is 1. The van der Waals surface area contributed by atoms with Crippen LogP contribution in [0, 0.1) is 23.7 Å². The zero-order chi connectivity index (χ0) is 19.3. The van der Waals surface area contributed by atoms with Crippen LogP contribution in [0.5, 0.6) is 0 Å². The highest BCUT2D eigenvalue weighted by Gasteiger charge is 2.34. The third-order valence-corrected chi connectivity index (χ3v) is 5.51. The summed E-state index contributed by atoms with van der Waals surface area (Å²) in [4.78, 5) is 25.0. The molecule has 8 nitrogen and oxygen atoms in total. The molecule has 2 amide bonds.